The number of thioether (sulfide) groups is 1. The molecule has 10 heteroatoms. The van der Waals surface area contributed by atoms with Gasteiger partial charge >= 0.3 is 0 Å². The van der Waals surface area contributed by atoms with Crippen LogP contribution in [-0.4, -0.2) is 33.4 Å². The number of anilines is 1. The summed E-state index contributed by atoms with van der Waals surface area (Å²) in [6.07, 6.45) is 1.42. The molecule has 8 nitrogen and oxygen atoms in total. The van der Waals surface area contributed by atoms with Crippen molar-refractivity contribution in [3.63, 3.8) is 0 Å². The molecule has 1 aliphatic rings. The average molecular weight is 506 g/mol. The number of imide groups is 1. The van der Waals surface area contributed by atoms with Gasteiger partial charge in [0.15, 0.2) is 0 Å². The highest BCUT2D eigenvalue weighted by Gasteiger charge is 2.36. The summed E-state index contributed by atoms with van der Waals surface area (Å²) in [5.74, 6) is -1.13. The Bertz CT molecular complexity index is 1340. The van der Waals surface area contributed by atoms with E-state index in [2.05, 4.69) is 5.32 Å². The third-order valence-corrected chi connectivity index (χ3v) is 6.94. The highest BCUT2D eigenvalue weighted by Crippen LogP contribution is 2.37. The molecule has 3 aromatic rings. The van der Waals surface area contributed by atoms with E-state index in [1.165, 1.54) is 23.9 Å². The lowest BCUT2D eigenvalue weighted by Gasteiger charge is -2.12. The lowest BCUT2D eigenvalue weighted by Crippen LogP contribution is -2.36. The Morgan fingerprint density at radius 2 is 1.80 bits per heavy atom. The van der Waals surface area contributed by atoms with E-state index >= 15 is 0 Å². The number of nitrogens with one attached hydrogen (secondary N) is 1. The topological polar surface area (TPSA) is 110 Å². The second-order valence-electron chi connectivity index (χ2n) is 7.58. The predicted octanol–water partition coefficient (Wildman–Crippen LogP) is 5.73. The quantitative estimate of drug-likeness (QED) is 0.248. The van der Waals surface area contributed by atoms with Crippen LogP contribution in [0.25, 0.3) is 6.08 Å². The molecule has 0 spiro atoms. The van der Waals surface area contributed by atoms with Crippen molar-refractivity contribution >= 4 is 58.0 Å². The number of nitro groups is 1. The van der Waals surface area contributed by atoms with Crippen LogP contribution in [-0.2, 0) is 9.59 Å². The predicted molar refractivity (Wildman–Crippen MR) is 136 cm³/mol. The van der Waals surface area contributed by atoms with E-state index in [0.29, 0.717) is 27.9 Å². The van der Waals surface area contributed by atoms with E-state index in [-0.39, 0.29) is 10.6 Å². The summed E-state index contributed by atoms with van der Waals surface area (Å²) >= 11 is 1.96. The highest BCUT2D eigenvalue weighted by molar-refractivity contribution is 8.18. The first-order valence-corrected chi connectivity index (χ1v) is 12.1. The third kappa shape index (κ3) is 5.97. The fourth-order valence-electron chi connectivity index (χ4n) is 3.24. The van der Waals surface area contributed by atoms with Crippen LogP contribution < -0.4 is 5.32 Å². The zero-order valence-electron chi connectivity index (χ0n) is 18.5. The molecule has 1 aliphatic heterocycles. The second-order valence-corrected chi connectivity index (χ2v) is 9.69. The Morgan fingerprint density at radius 3 is 2.49 bits per heavy atom. The molecule has 0 bridgehead atoms. The van der Waals surface area contributed by atoms with Gasteiger partial charge in [0.1, 0.15) is 6.54 Å². The number of nitro benzene ring substituents is 1. The van der Waals surface area contributed by atoms with Crippen molar-refractivity contribution in [2.45, 2.75) is 16.7 Å². The fraction of sp³-hybridized carbons (Fsp3) is 0.0800. The number of benzene rings is 3. The Balaban J connectivity index is 1.50. The molecule has 0 aromatic heterocycles. The van der Waals surface area contributed by atoms with Gasteiger partial charge in [-0.15, -0.1) is 0 Å². The van der Waals surface area contributed by atoms with Crippen molar-refractivity contribution in [3.05, 3.63) is 98.9 Å². The molecule has 0 unspecified atom stereocenters. The van der Waals surface area contributed by atoms with Gasteiger partial charge in [-0.05, 0) is 60.7 Å². The van der Waals surface area contributed by atoms with Gasteiger partial charge in [-0.2, -0.15) is 0 Å². The number of hydrogen-bond acceptors (Lipinski definition) is 7. The van der Waals surface area contributed by atoms with Gasteiger partial charge in [-0.1, -0.05) is 53.7 Å². The fourth-order valence-corrected chi connectivity index (χ4v) is 4.98. The Morgan fingerprint density at radius 1 is 1.09 bits per heavy atom. The van der Waals surface area contributed by atoms with Crippen LogP contribution in [0.15, 0.2) is 87.5 Å². The smallest absolute Gasteiger partial charge is 0.294 e. The molecule has 3 amide bonds. The minimum atomic E-state index is -0.621. The molecule has 0 radical (unpaired) electrons. The minimum absolute atomic E-state index is 0.0933. The SMILES string of the molecule is Cc1ccc(Sc2ccc(C=C3SC(=O)N(CC(=O)Nc4ccccc4)C3=O)cc2[N+](=O)[O-])cc1. The van der Waals surface area contributed by atoms with Gasteiger partial charge in [0, 0.05) is 16.6 Å². The lowest BCUT2D eigenvalue weighted by molar-refractivity contribution is -0.387. The van der Waals surface area contributed by atoms with Gasteiger partial charge in [0.05, 0.1) is 14.7 Å². The first-order valence-electron chi connectivity index (χ1n) is 10.4. The van der Waals surface area contributed by atoms with E-state index in [4.69, 9.17) is 0 Å². The average Bonchev–Trinajstić information content (AvgIpc) is 3.09. The molecule has 1 N–H and O–H groups in total. The van der Waals surface area contributed by atoms with Crippen LogP contribution in [0.3, 0.4) is 0 Å². The lowest BCUT2D eigenvalue weighted by atomic mass is 10.2. The number of carbonyl (C=O) groups is 3. The molecular formula is C25H19N3O5S2. The second kappa shape index (κ2) is 10.6. The van der Waals surface area contributed by atoms with Crippen LogP contribution >= 0.6 is 23.5 Å². The van der Waals surface area contributed by atoms with Gasteiger partial charge in [0.2, 0.25) is 5.91 Å². The maximum atomic E-state index is 12.8. The van der Waals surface area contributed by atoms with Crippen LogP contribution in [0.2, 0.25) is 0 Å². The van der Waals surface area contributed by atoms with Crippen LogP contribution in [0.5, 0.6) is 0 Å². The van der Waals surface area contributed by atoms with Crippen molar-refractivity contribution in [3.8, 4) is 0 Å². The maximum absolute atomic E-state index is 12.8. The zero-order chi connectivity index (χ0) is 24.9. The van der Waals surface area contributed by atoms with Crippen molar-refractivity contribution in [2.24, 2.45) is 0 Å². The van der Waals surface area contributed by atoms with E-state index < -0.39 is 28.5 Å². The molecule has 4 rings (SSSR count). The first kappa shape index (κ1) is 24.2. The van der Waals surface area contributed by atoms with E-state index in [0.717, 1.165) is 15.4 Å². The summed E-state index contributed by atoms with van der Waals surface area (Å²) in [5, 5.41) is 13.7. The van der Waals surface area contributed by atoms with Gasteiger partial charge in [0.25, 0.3) is 16.8 Å². The molecule has 35 heavy (non-hydrogen) atoms. The van der Waals surface area contributed by atoms with E-state index in [9.17, 15) is 24.5 Å². The molecular weight excluding hydrogens is 486 g/mol. The molecule has 0 saturated carbocycles. The summed E-state index contributed by atoms with van der Waals surface area (Å²) < 4.78 is 0. The number of hydrogen-bond donors (Lipinski definition) is 1. The first-order chi connectivity index (χ1) is 16.8. The van der Waals surface area contributed by atoms with Gasteiger partial charge < -0.3 is 5.32 Å². The normalized spacial score (nSPS) is 14.4. The number of nitrogens with zero attached hydrogens (tertiary/aromatic N) is 2. The van der Waals surface area contributed by atoms with E-state index in [1.807, 2.05) is 31.2 Å². The number of carbonyl (C=O) groups excluding carboxylic acids is 3. The largest absolute Gasteiger partial charge is 0.325 e. The molecule has 3 aromatic carbocycles. The van der Waals surface area contributed by atoms with Crippen LogP contribution in [0.4, 0.5) is 16.2 Å². The van der Waals surface area contributed by atoms with Crippen molar-refractivity contribution in [1.82, 2.24) is 4.90 Å². The Hall–Kier alpha value is -3.89. The van der Waals surface area contributed by atoms with Crippen LogP contribution in [0.1, 0.15) is 11.1 Å². The van der Waals surface area contributed by atoms with Crippen molar-refractivity contribution < 1.29 is 19.3 Å². The molecule has 0 atom stereocenters. The molecule has 176 valence electrons. The van der Waals surface area contributed by atoms with Crippen LogP contribution in [0, 0.1) is 17.0 Å². The number of aryl methyl sites for hydroxylation is 1. The summed E-state index contributed by atoms with van der Waals surface area (Å²) in [5.41, 5.74) is 1.94. The standard InChI is InChI=1S/C25H19N3O5S2/c1-16-7-10-19(11-8-16)34-21-12-9-17(13-20(21)28(32)33)14-22-24(30)27(25(31)35-22)15-23(29)26-18-5-3-2-4-6-18/h2-14H,15H2,1H3,(H,26,29). The minimum Gasteiger partial charge on any atom is -0.325 e. The maximum Gasteiger partial charge on any atom is 0.294 e. The summed E-state index contributed by atoms with van der Waals surface area (Å²) in [4.78, 5) is 50.9. The summed E-state index contributed by atoms with van der Waals surface area (Å²) in [7, 11) is 0. The van der Waals surface area contributed by atoms with Gasteiger partial charge in [-0.25, -0.2) is 0 Å². The summed E-state index contributed by atoms with van der Waals surface area (Å²) in [6.45, 7) is 1.53. The number of para-hydroxylation sites is 1. The summed E-state index contributed by atoms with van der Waals surface area (Å²) in [6, 6.07) is 21.0. The van der Waals surface area contributed by atoms with E-state index in [1.54, 1.807) is 42.5 Å². The molecule has 1 fully saturated rings. The molecule has 0 aliphatic carbocycles. The molecule has 1 heterocycles. The van der Waals surface area contributed by atoms with Crippen molar-refractivity contribution in [1.29, 1.82) is 0 Å². The monoisotopic (exact) mass is 505 g/mol. The Kier molecular flexibility index (Phi) is 7.33. The zero-order valence-corrected chi connectivity index (χ0v) is 20.1. The van der Waals surface area contributed by atoms with Gasteiger partial charge in [-0.3, -0.25) is 29.4 Å². The highest BCUT2D eigenvalue weighted by atomic mass is 32.2. The number of amides is 3. The Labute approximate surface area is 209 Å². The molecule has 1 saturated heterocycles. The van der Waals surface area contributed by atoms with Crippen molar-refractivity contribution in [2.75, 3.05) is 11.9 Å². The third-order valence-electron chi connectivity index (χ3n) is 4.96. The number of rotatable bonds is 7.